The topological polar surface area (TPSA) is 32.7 Å². The van der Waals surface area contributed by atoms with Crippen LogP contribution in [0.15, 0.2) is 24.3 Å². The van der Waals surface area contributed by atoms with Crippen LogP contribution in [-0.2, 0) is 6.42 Å². The van der Waals surface area contributed by atoms with E-state index in [0.29, 0.717) is 6.42 Å². The maximum atomic E-state index is 11.0. The van der Waals surface area contributed by atoms with Crippen molar-refractivity contribution in [2.45, 2.75) is 56.6 Å². The number of ether oxygens (including phenoxy) is 1. The largest absolute Gasteiger partial charge is 0.496 e. The van der Waals surface area contributed by atoms with E-state index in [1.54, 1.807) is 7.11 Å². The van der Waals surface area contributed by atoms with Crippen LogP contribution < -0.4 is 4.74 Å². The Morgan fingerprint density at radius 2 is 1.76 bits per heavy atom. The summed E-state index contributed by atoms with van der Waals surface area (Å²) in [5.74, 6) is 0.874. The number of aliphatic hydroxyl groups is 1. The monoisotopic (exact) mass is 291 g/mol. The predicted octanol–water partition coefficient (Wildman–Crippen LogP) is 3.25. The van der Waals surface area contributed by atoms with Gasteiger partial charge in [0.25, 0.3) is 0 Å². The Morgan fingerprint density at radius 3 is 2.33 bits per heavy atom. The van der Waals surface area contributed by atoms with Gasteiger partial charge in [-0.05, 0) is 38.6 Å². The Morgan fingerprint density at radius 1 is 1.14 bits per heavy atom. The second-order valence-electron chi connectivity index (χ2n) is 6.44. The minimum Gasteiger partial charge on any atom is -0.496 e. The van der Waals surface area contributed by atoms with Crippen LogP contribution in [0.4, 0.5) is 0 Å². The zero-order chi connectivity index (χ0) is 15.3. The molecule has 1 aliphatic rings. The molecule has 1 unspecified atom stereocenters. The summed E-state index contributed by atoms with van der Waals surface area (Å²) in [7, 11) is 5.91. The molecule has 1 fully saturated rings. The van der Waals surface area contributed by atoms with Crippen molar-refractivity contribution in [3.05, 3.63) is 29.8 Å². The molecule has 3 nitrogen and oxygen atoms in total. The van der Waals surface area contributed by atoms with Gasteiger partial charge in [0, 0.05) is 12.0 Å². The van der Waals surface area contributed by atoms with E-state index in [4.69, 9.17) is 4.74 Å². The maximum absolute atomic E-state index is 11.0. The third-order valence-electron chi connectivity index (χ3n) is 5.09. The summed E-state index contributed by atoms with van der Waals surface area (Å²) < 4.78 is 5.43. The van der Waals surface area contributed by atoms with Crippen LogP contribution in [0.1, 0.15) is 44.1 Å². The molecule has 0 aliphatic heterocycles. The highest BCUT2D eigenvalue weighted by atomic mass is 16.5. The summed E-state index contributed by atoms with van der Waals surface area (Å²) >= 11 is 0. The second-order valence-corrected chi connectivity index (χ2v) is 6.44. The second kappa shape index (κ2) is 7.28. The van der Waals surface area contributed by atoms with Gasteiger partial charge in [0.1, 0.15) is 5.75 Å². The molecular formula is C18H29NO2. The van der Waals surface area contributed by atoms with Gasteiger partial charge in [0.2, 0.25) is 0 Å². The standard InChI is InChI=1S/C18H29NO2/c1-19(2)18(12-8-4-5-9-13-18)17(20)14-15-10-6-7-11-16(15)21-3/h6-7,10-11,17,20H,4-5,8-9,12-14H2,1-3H3. The third-order valence-corrected chi connectivity index (χ3v) is 5.09. The molecule has 0 radical (unpaired) electrons. The molecule has 2 rings (SSSR count). The van der Waals surface area contributed by atoms with Crippen molar-refractivity contribution < 1.29 is 9.84 Å². The Bertz CT molecular complexity index is 437. The molecule has 1 aliphatic carbocycles. The molecular weight excluding hydrogens is 262 g/mol. The van der Waals surface area contributed by atoms with E-state index in [0.717, 1.165) is 24.2 Å². The summed E-state index contributed by atoms with van der Waals surface area (Å²) in [4.78, 5) is 2.25. The molecule has 1 saturated carbocycles. The number of aliphatic hydroxyl groups excluding tert-OH is 1. The number of benzene rings is 1. The van der Waals surface area contributed by atoms with Crippen LogP contribution >= 0.6 is 0 Å². The van der Waals surface area contributed by atoms with Crippen LogP contribution in [0.25, 0.3) is 0 Å². The van der Waals surface area contributed by atoms with E-state index >= 15 is 0 Å². The molecule has 0 aromatic heterocycles. The molecule has 0 amide bonds. The van der Waals surface area contributed by atoms with Crippen molar-refractivity contribution in [1.29, 1.82) is 0 Å². The lowest BCUT2D eigenvalue weighted by Gasteiger charge is -2.43. The molecule has 118 valence electrons. The number of hydrogen-bond acceptors (Lipinski definition) is 3. The fourth-order valence-corrected chi connectivity index (χ4v) is 3.69. The molecule has 0 spiro atoms. The van der Waals surface area contributed by atoms with Gasteiger partial charge >= 0.3 is 0 Å². The quantitative estimate of drug-likeness (QED) is 0.845. The summed E-state index contributed by atoms with van der Waals surface area (Å²) in [6, 6.07) is 8.02. The van der Waals surface area contributed by atoms with Gasteiger partial charge in [-0.3, -0.25) is 0 Å². The average Bonchev–Trinajstić information content (AvgIpc) is 2.74. The van der Waals surface area contributed by atoms with Crippen molar-refractivity contribution in [2.24, 2.45) is 0 Å². The zero-order valence-corrected chi connectivity index (χ0v) is 13.6. The van der Waals surface area contributed by atoms with E-state index in [2.05, 4.69) is 25.1 Å². The summed E-state index contributed by atoms with van der Waals surface area (Å²) in [5.41, 5.74) is 0.995. The SMILES string of the molecule is COc1ccccc1CC(O)C1(N(C)C)CCCCCC1. The minimum absolute atomic E-state index is 0.0998. The molecule has 21 heavy (non-hydrogen) atoms. The van der Waals surface area contributed by atoms with Gasteiger partial charge in [-0.15, -0.1) is 0 Å². The smallest absolute Gasteiger partial charge is 0.122 e. The van der Waals surface area contributed by atoms with Crippen molar-refractivity contribution in [1.82, 2.24) is 4.90 Å². The van der Waals surface area contributed by atoms with Crippen LogP contribution in [-0.4, -0.2) is 42.9 Å². The first kappa shape index (κ1) is 16.3. The van der Waals surface area contributed by atoms with Gasteiger partial charge in [0.05, 0.1) is 13.2 Å². The van der Waals surface area contributed by atoms with Crippen LogP contribution in [0.5, 0.6) is 5.75 Å². The van der Waals surface area contributed by atoms with Crippen molar-refractivity contribution in [3.63, 3.8) is 0 Å². The van der Waals surface area contributed by atoms with Crippen molar-refractivity contribution in [3.8, 4) is 5.75 Å². The number of hydrogen-bond donors (Lipinski definition) is 1. The zero-order valence-electron chi connectivity index (χ0n) is 13.6. The van der Waals surface area contributed by atoms with Crippen LogP contribution in [0, 0.1) is 0 Å². The molecule has 1 N–H and O–H groups in total. The molecule has 0 bridgehead atoms. The fourth-order valence-electron chi connectivity index (χ4n) is 3.69. The highest BCUT2D eigenvalue weighted by Gasteiger charge is 2.40. The Kier molecular flexibility index (Phi) is 5.65. The molecule has 0 heterocycles. The number of para-hydroxylation sites is 1. The number of methoxy groups -OCH3 is 1. The minimum atomic E-state index is -0.359. The number of likely N-dealkylation sites (N-methyl/N-ethyl adjacent to an activating group) is 1. The highest BCUT2D eigenvalue weighted by molar-refractivity contribution is 5.34. The summed E-state index contributed by atoms with van der Waals surface area (Å²) in [5, 5.41) is 11.0. The first-order valence-corrected chi connectivity index (χ1v) is 8.07. The summed E-state index contributed by atoms with van der Waals surface area (Å²) in [6.07, 6.45) is 7.45. The molecule has 0 saturated heterocycles. The van der Waals surface area contributed by atoms with Crippen LogP contribution in [0.2, 0.25) is 0 Å². The van der Waals surface area contributed by atoms with E-state index in [1.165, 1.54) is 25.7 Å². The average molecular weight is 291 g/mol. The molecule has 1 aromatic rings. The number of nitrogens with zero attached hydrogens (tertiary/aromatic N) is 1. The van der Waals surface area contributed by atoms with E-state index in [1.807, 2.05) is 18.2 Å². The maximum Gasteiger partial charge on any atom is 0.122 e. The van der Waals surface area contributed by atoms with Crippen molar-refractivity contribution >= 4 is 0 Å². The van der Waals surface area contributed by atoms with Gasteiger partial charge in [0.15, 0.2) is 0 Å². The predicted molar refractivity (Wildman–Crippen MR) is 86.8 cm³/mol. The molecule has 3 heteroatoms. The first-order valence-electron chi connectivity index (χ1n) is 8.07. The number of rotatable bonds is 5. The summed E-state index contributed by atoms with van der Waals surface area (Å²) in [6.45, 7) is 0. The normalized spacial score (nSPS) is 20.0. The highest BCUT2D eigenvalue weighted by Crippen LogP contribution is 2.36. The Labute approximate surface area is 128 Å². The van der Waals surface area contributed by atoms with E-state index in [-0.39, 0.29) is 11.6 Å². The molecule has 1 aromatic carbocycles. The van der Waals surface area contributed by atoms with Gasteiger partial charge in [-0.25, -0.2) is 0 Å². The van der Waals surface area contributed by atoms with E-state index in [9.17, 15) is 5.11 Å². The Hall–Kier alpha value is -1.06. The lowest BCUT2D eigenvalue weighted by atomic mass is 9.80. The molecule has 1 atom stereocenters. The lowest BCUT2D eigenvalue weighted by Crippen LogP contribution is -2.54. The van der Waals surface area contributed by atoms with E-state index < -0.39 is 0 Å². The third kappa shape index (κ3) is 3.58. The van der Waals surface area contributed by atoms with Crippen LogP contribution in [0.3, 0.4) is 0 Å². The van der Waals surface area contributed by atoms with Gasteiger partial charge < -0.3 is 14.7 Å². The van der Waals surface area contributed by atoms with Crippen molar-refractivity contribution in [2.75, 3.05) is 21.2 Å². The Balaban J connectivity index is 2.20. The lowest BCUT2D eigenvalue weighted by molar-refractivity contribution is -0.0176. The van der Waals surface area contributed by atoms with Gasteiger partial charge in [-0.2, -0.15) is 0 Å². The first-order chi connectivity index (χ1) is 10.1. The van der Waals surface area contributed by atoms with Gasteiger partial charge in [-0.1, -0.05) is 43.9 Å². The fraction of sp³-hybridized carbons (Fsp3) is 0.667.